The lowest BCUT2D eigenvalue weighted by Gasteiger charge is -2.30. The zero-order valence-corrected chi connectivity index (χ0v) is 58.5. The van der Waals surface area contributed by atoms with Crippen molar-refractivity contribution in [1.29, 1.82) is 0 Å². The van der Waals surface area contributed by atoms with Crippen molar-refractivity contribution in [3.8, 4) is 0 Å². The Kier molecular flexibility index (Phi) is 63.8. The fourth-order valence-electron chi connectivity index (χ4n) is 11.3. The Bertz CT molecular complexity index is 1550. The summed E-state index contributed by atoms with van der Waals surface area (Å²) in [5, 5.41) is 3.05. The van der Waals surface area contributed by atoms with Crippen molar-refractivity contribution in [1.82, 2.24) is 5.32 Å². The predicted molar refractivity (Wildman–Crippen MR) is 367 cm³/mol. The summed E-state index contributed by atoms with van der Waals surface area (Å²) in [5.74, 6) is -0.523. The normalized spacial score (nSPS) is 13.6. The van der Waals surface area contributed by atoms with E-state index in [1.54, 1.807) is 0 Å². The molecule has 1 N–H and O–H groups in total. The number of carbonyl (C=O) groups is 2. The van der Waals surface area contributed by atoms with Gasteiger partial charge in [-0.1, -0.05) is 340 Å². The SMILES string of the molecule is CCCCC/C=C\C/C=C\CCCCCCCCCCCCCC(=O)OC(/C=C/CCCCCCCCCCC)C(COP(=O)([O-])OCC[N+](C)(C)C)NC(=O)CCCCCCCCCCCCCCCCCCCCCCCCCCCCC. The van der Waals surface area contributed by atoms with Crippen molar-refractivity contribution in [3.05, 3.63) is 36.5 Å². The number of unbranched alkanes of at least 4 members (excludes halogenated alkanes) is 49. The first-order valence-corrected chi connectivity index (χ1v) is 38.8. The smallest absolute Gasteiger partial charge is 0.306 e. The fraction of sp³-hybridized carbons (Fsp3) is 0.893. The summed E-state index contributed by atoms with van der Waals surface area (Å²) in [7, 11) is 1.20. The maximum atomic E-state index is 13.6. The van der Waals surface area contributed by atoms with Crippen LogP contribution in [0, 0.1) is 0 Å². The molecular formula is C75H145N2O7P. The average Bonchev–Trinajstić information content (AvgIpc) is 3.63. The lowest BCUT2D eigenvalue weighted by atomic mass is 10.0. The highest BCUT2D eigenvalue weighted by atomic mass is 31.2. The van der Waals surface area contributed by atoms with Gasteiger partial charge in [-0.15, -0.1) is 0 Å². The Morgan fingerprint density at radius 3 is 1.08 bits per heavy atom. The summed E-state index contributed by atoms with van der Waals surface area (Å²) in [6.07, 6.45) is 81.4. The van der Waals surface area contributed by atoms with E-state index in [9.17, 15) is 19.0 Å². The van der Waals surface area contributed by atoms with E-state index >= 15 is 0 Å². The number of hydrogen-bond donors (Lipinski definition) is 1. The molecule has 0 spiro atoms. The molecule has 0 saturated carbocycles. The number of esters is 1. The summed E-state index contributed by atoms with van der Waals surface area (Å²) >= 11 is 0. The van der Waals surface area contributed by atoms with Crippen molar-refractivity contribution >= 4 is 19.7 Å². The average molecular weight is 1220 g/mol. The number of phosphoric ester groups is 1. The maximum absolute atomic E-state index is 13.6. The second-order valence-electron chi connectivity index (χ2n) is 26.8. The van der Waals surface area contributed by atoms with Gasteiger partial charge in [0.05, 0.1) is 33.8 Å². The molecule has 0 saturated heterocycles. The molecule has 0 aliphatic heterocycles. The number of carbonyl (C=O) groups excluding carboxylic acids is 2. The first-order valence-electron chi connectivity index (χ1n) is 37.3. The third-order valence-corrected chi connectivity index (χ3v) is 18.0. The van der Waals surface area contributed by atoms with Gasteiger partial charge in [0.1, 0.15) is 19.3 Å². The van der Waals surface area contributed by atoms with Crippen molar-refractivity contribution in [3.63, 3.8) is 0 Å². The topological polar surface area (TPSA) is 114 Å². The van der Waals surface area contributed by atoms with Gasteiger partial charge in [0.15, 0.2) is 0 Å². The molecule has 0 aromatic heterocycles. The number of ether oxygens (including phenoxy) is 1. The van der Waals surface area contributed by atoms with Crippen LogP contribution in [0.2, 0.25) is 0 Å². The molecule has 3 atom stereocenters. The zero-order valence-electron chi connectivity index (χ0n) is 57.6. The monoisotopic (exact) mass is 1220 g/mol. The van der Waals surface area contributed by atoms with Crippen LogP contribution in [0.4, 0.5) is 0 Å². The predicted octanol–water partition coefficient (Wildman–Crippen LogP) is 23.2. The van der Waals surface area contributed by atoms with Crippen molar-refractivity contribution in [2.75, 3.05) is 40.9 Å². The van der Waals surface area contributed by atoms with Gasteiger partial charge >= 0.3 is 5.97 Å². The molecule has 0 heterocycles. The minimum absolute atomic E-state index is 0.0196. The van der Waals surface area contributed by atoms with Gasteiger partial charge in [0.2, 0.25) is 5.91 Å². The third kappa shape index (κ3) is 66.5. The quantitative estimate of drug-likeness (QED) is 0.0212. The lowest BCUT2D eigenvalue weighted by Crippen LogP contribution is -2.47. The summed E-state index contributed by atoms with van der Waals surface area (Å²) in [6.45, 7) is 6.88. The Morgan fingerprint density at radius 2 is 0.718 bits per heavy atom. The van der Waals surface area contributed by atoms with Gasteiger partial charge in [-0.2, -0.15) is 0 Å². The van der Waals surface area contributed by atoms with E-state index in [2.05, 4.69) is 50.4 Å². The molecule has 0 aromatic carbocycles. The Labute approximate surface area is 529 Å². The van der Waals surface area contributed by atoms with Crippen LogP contribution < -0.4 is 10.2 Å². The van der Waals surface area contributed by atoms with Crippen molar-refractivity contribution in [2.45, 2.75) is 392 Å². The second-order valence-corrected chi connectivity index (χ2v) is 28.2. The molecule has 502 valence electrons. The Hall–Kier alpha value is -1.77. The minimum atomic E-state index is -4.70. The number of allylic oxidation sites excluding steroid dienone is 5. The standard InChI is InChI=1S/C75H145N2O7P/c1-7-10-13-16-19-22-25-27-29-31-33-35-36-37-38-39-40-42-43-45-47-49-52-55-58-61-64-67-74(78)76-72(71-83-85(80,81)82-70-69-77(4,5)6)73(66-63-60-57-54-51-24-21-18-15-12-9-3)84-75(79)68-65-62-59-56-53-50-48-46-44-41-34-32-30-28-26-23-20-17-14-11-8-2/h20,23,28,30,63,66,72-73H,7-19,21-22,24-27,29,31-62,64-65,67-71H2,1-6H3,(H-,76,78,80,81)/b23-20-,30-28-,66-63+. The highest BCUT2D eigenvalue weighted by Gasteiger charge is 2.27. The highest BCUT2D eigenvalue weighted by molar-refractivity contribution is 7.45. The molecule has 0 aliphatic carbocycles. The summed E-state index contributed by atoms with van der Waals surface area (Å²) in [6, 6.07) is -0.886. The number of phosphoric acid groups is 1. The highest BCUT2D eigenvalue weighted by Crippen LogP contribution is 2.38. The molecular weight excluding hydrogens is 1070 g/mol. The van der Waals surface area contributed by atoms with Gasteiger partial charge < -0.3 is 28.5 Å². The van der Waals surface area contributed by atoms with Crippen LogP contribution >= 0.6 is 7.82 Å². The van der Waals surface area contributed by atoms with Crippen LogP contribution in [0.3, 0.4) is 0 Å². The number of likely N-dealkylation sites (N-methyl/N-ethyl adjacent to an activating group) is 1. The van der Waals surface area contributed by atoms with Crippen LogP contribution in [-0.2, 0) is 27.9 Å². The Morgan fingerprint density at radius 1 is 0.412 bits per heavy atom. The molecule has 0 rings (SSSR count). The summed E-state index contributed by atoms with van der Waals surface area (Å²) < 4.78 is 30.5. The number of nitrogens with zero attached hydrogens (tertiary/aromatic N) is 1. The minimum Gasteiger partial charge on any atom is -0.756 e. The van der Waals surface area contributed by atoms with Crippen molar-refractivity contribution in [2.24, 2.45) is 0 Å². The molecule has 1 amide bonds. The van der Waals surface area contributed by atoms with E-state index in [1.165, 1.54) is 283 Å². The van der Waals surface area contributed by atoms with Crippen LogP contribution in [0.15, 0.2) is 36.5 Å². The van der Waals surface area contributed by atoms with E-state index in [-0.39, 0.29) is 31.5 Å². The molecule has 0 aliphatic rings. The lowest BCUT2D eigenvalue weighted by molar-refractivity contribution is -0.870. The molecule has 0 bridgehead atoms. The fourth-order valence-corrected chi connectivity index (χ4v) is 12.0. The van der Waals surface area contributed by atoms with E-state index in [0.29, 0.717) is 17.4 Å². The zero-order chi connectivity index (χ0) is 62.1. The first kappa shape index (κ1) is 83.2. The van der Waals surface area contributed by atoms with Crippen molar-refractivity contribution < 1.29 is 37.3 Å². The molecule has 85 heavy (non-hydrogen) atoms. The number of nitrogens with one attached hydrogen (secondary N) is 1. The number of rotatable bonds is 69. The molecule has 3 unspecified atom stereocenters. The third-order valence-electron chi connectivity index (χ3n) is 17.1. The first-order chi connectivity index (χ1) is 41.4. The van der Waals surface area contributed by atoms with Crippen LogP contribution in [0.5, 0.6) is 0 Å². The van der Waals surface area contributed by atoms with E-state index in [0.717, 1.165) is 64.2 Å². The molecule has 0 radical (unpaired) electrons. The summed E-state index contributed by atoms with van der Waals surface area (Å²) in [4.78, 5) is 40.2. The number of amides is 1. The van der Waals surface area contributed by atoms with Gasteiger partial charge in [-0.05, 0) is 63.9 Å². The van der Waals surface area contributed by atoms with E-state index in [4.69, 9.17) is 13.8 Å². The number of hydrogen-bond acceptors (Lipinski definition) is 7. The van der Waals surface area contributed by atoms with Gasteiger partial charge in [-0.25, -0.2) is 0 Å². The second kappa shape index (κ2) is 65.2. The molecule has 10 heteroatoms. The summed E-state index contributed by atoms with van der Waals surface area (Å²) in [5.41, 5.74) is 0. The molecule has 0 aromatic rings. The van der Waals surface area contributed by atoms with Gasteiger partial charge in [0, 0.05) is 12.8 Å². The van der Waals surface area contributed by atoms with E-state index in [1.807, 2.05) is 33.3 Å². The molecule has 0 fully saturated rings. The number of quaternary nitrogens is 1. The van der Waals surface area contributed by atoms with Gasteiger partial charge in [-0.3, -0.25) is 14.2 Å². The Balaban J connectivity index is 4.91. The maximum Gasteiger partial charge on any atom is 0.306 e. The van der Waals surface area contributed by atoms with Crippen LogP contribution in [0.25, 0.3) is 0 Å². The van der Waals surface area contributed by atoms with E-state index < -0.39 is 20.0 Å². The van der Waals surface area contributed by atoms with Crippen LogP contribution in [0.1, 0.15) is 380 Å². The van der Waals surface area contributed by atoms with Crippen LogP contribution in [-0.4, -0.2) is 69.4 Å². The largest absolute Gasteiger partial charge is 0.756 e. The molecule has 9 nitrogen and oxygen atoms in total. The van der Waals surface area contributed by atoms with Gasteiger partial charge in [0.25, 0.3) is 7.82 Å².